The van der Waals surface area contributed by atoms with Crippen molar-refractivity contribution >= 4 is 23.2 Å². The van der Waals surface area contributed by atoms with E-state index in [0.717, 1.165) is 31.5 Å². The second-order valence-electron chi connectivity index (χ2n) is 5.11. The first kappa shape index (κ1) is 14.4. The highest BCUT2D eigenvalue weighted by molar-refractivity contribution is 5.91. The van der Waals surface area contributed by atoms with Gasteiger partial charge in [0.15, 0.2) is 0 Å². The molecule has 2 amide bonds. The summed E-state index contributed by atoms with van der Waals surface area (Å²) >= 11 is 0. The van der Waals surface area contributed by atoms with Crippen LogP contribution in [0.5, 0.6) is 0 Å². The van der Waals surface area contributed by atoms with Crippen molar-refractivity contribution < 1.29 is 9.59 Å². The summed E-state index contributed by atoms with van der Waals surface area (Å²) in [5, 5.41) is 2.81. The Balaban J connectivity index is 1.79. The molecule has 20 heavy (non-hydrogen) atoms. The molecule has 0 saturated carbocycles. The summed E-state index contributed by atoms with van der Waals surface area (Å²) < 4.78 is 0. The largest absolute Gasteiger partial charge is 0.399 e. The average Bonchev–Trinajstić information content (AvgIpc) is 2.64. The fraction of sp³-hybridized carbons (Fsp3) is 0.467. The normalized spacial score (nSPS) is 15.8. The number of hydrogen-bond donors (Lipinski definition) is 2. The minimum absolute atomic E-state index is 0.0770. The van der Waals surface area contributed by atoms with Gasteiger partial charge in [0.1, 0.15) is 0 Å². The number of nitrogens with two attached hydrogens (primary N) is 1. The smallest absolute Gasteiger partial charge is 0.226 e. The molecule has 1 aromatic carbocycles. The lowest BCUT2D eigenvalue weighted by atomic mass is 10.2. The zero-order valence-electron chi connectivity index (χ0n) is 11.6. The molecule has 3 N–H and O–H groups in total. The zero-order chi connectivity index (χ0) is 14.4. The monoisotopic (exact) mass is 275 g/mol. The van der Waals surface area contributed by atoms with Crippen LogP contribution in [0.3, 0.4) is 0 Å². The molecule has 0 spiro atoms. The van der Waals surface area contributed by atoms with Crippen LogP contribution in [0.15, 0.2) is 24.3 Å². The molecule has 1 aromatic rings. The van der Waals surface area contributed by atoms with Gasteiger partial charge in [0, 0.05) is 37.3 Å². The van der Waals surface area contributed by atoms with Gasteiger partial charge in [-0.25, -0.2) is 0 Å². The first-order valence-electron chi connectivity index (χ1n) is 7.08. The zero-order valence-corrected chi connectivity index (χ0v) is 11.6. The van der Waals surface area contributed by atoms with Crippen LogP contribution >= 0.6 is 0 Å². The van der Waals surface area contributed by atoms with Gasteiger partial charge >= 0.3 is 0 Å². The fourth-order valence-corrected chi connectivity index (χ4v) is 2.30. The molecule has 0 bridgehead atoms. The van der Waals surface area contributed by atoms with E-state index in [2.05, 4.69) is 5.32 Å². The van der Waals surface area contributed by atoms with E-state index in [9.17, 15) is 9.59 Å². The molecule has 1 aliphatic heterocycles. The topological polar surface area (TPSA) is 75.4 Å². The molecule has 0 atom stereocenters. The Morgan fingerprint density at radius 3 is 2.70 bits per heavy atom. The van der Waals surface area contributed by atoms with E-state index in [-0.39, 0.29) is 11.8 Å². The van der Waals surface area contributed by atoms with Crippen molar-refractivity contribution in [3.63, 3.8) is 0 Å². The quantitative estimate of drug-likeness (QED) is 0.825. The third kappa shape index (κ3) is 4.26. The van der Waals surface area contributed by atoms with Crippen LogP contribution in [0.4, 0.5) is 11.4 Å². The first-order valence-corrected chi connectivity index (χ1v) is 7.08. The summed E-state index contributed by atoms with van der Waals surface area (Å²) in [6.07, 6.45) is 4.04. The standard InChI is InChI=1S/C15H21N3O2/c16-12-5-7-13(8-6-12)17-14(19)9-11-18-10-3-1-2-4-15(18)20/h5-8H,1-4,9-11,16H2,(H,17,19). The van der Waals surface area contributed by atoms with E-state index in [1.165, 1.54) is 0 Å². The first-order chi connectivity index (χ1) is 9.65. The minimum atomic E-state index is -0.0770. The Labute approximate surface area is 119 Å². The Hall–Kier alpha value is -2.04. The van der Waals surface area contributed by atoms with Crippen molar-refractivity contribution in [1.29, 1.82) is 0 Å². The van der Waals surface area contributed by atoms with Crippen molar-refractivity contribution in [2.75, 3.05) is 24.1 Å². The maximum Gasteiger partial charge on any atom is 0.226 e. The van der Waals surface area contributed by atoms with E-state index in [4.69, 9.17) is 5.73 Å². The van der Waals surface area contributed by atoms with Gasteiger partial charge in [0.2, 0.25) is 11.8 Å². The molecule has 5 heteroatoms. The summed E-state index contributed by atoms with van der Waals surface area (Å²) in [6, 6.07) is 7.02. The van der Waals surface area contributed by atoms with E-state index in [1.54, 1.807) is 29.2 Å². The van der Waals surface area contributed by atoms with Crippen LogP contribution in [-0.2, 0) is 9.59 Å². The number of likely N-dealkylation sites (tertiary alicyclic amines) is 1. The van der Waals surface area contributed by atoms with E-state index < -0.39 is 0 Å². The number of hydrogen-bond acceptors (Lipinski definition) is 3. The third-order valence-electron chi connectivity index (χ3n) is 3.47. The summed E-state index contributed by atoms with van der Waals surface area (Å²) in [6.45, 7) is 1.27. The SMILES string of the molecule is Nc1ccc(NC(=O)CCN2CCCCCC2=O)cc1. The summed E-state index contributed by atoms with van der Waals surface area (Å²) in [5.41, 5.74) is 6.98. The van der Waals surface area contributed by atoms with Gasteiger partial charge in [-0.1, -0.05) is 6.42 Å². The van der Waals surface area contributed by atoms with Crippen LogP contribution in [-0.4, -0.2) is 29.8 Å². The van der Waals surface area contributed by atoms with Crippen molar-refractivity contribution in [2.24, 2.45) is 0 Å². The Morgan fingerprint density at radius 1 is 1.20 bits per heavy atom. The summed E-state index contributed by atoms with van der Waals surface area (Å²) in [4.78, 5) is 25.5. The molecule has 0 aromatic heterocycles. The number of anilines is 2. The van der Waals surface area contributed by atoms with Crippen LogP contribution < -0.4 is 11.1 Å². The molecule has 108 valence electrons. The number of carbonyl (C=O) groups is 2. The second kappa shape index (κ2) is 6.93. The number of nitrogens with one attached hydrogen (secondary N) is 1. The third-order valence-corrected chi connectivity index (χ3v) is 3.47. The molecule has 0 unspecified atom stereocenters. The number of amides is 2. The molecule has 0 aliphatic carbocycles. The van der Waals surface area contributed by atoms with Crippen LogP contribution in [0.2, 0.25) is 0 Å². The molecule has 5 nitrogen and oxygen atoms in total. The highest BCUT2D eigenvalue weighted by atomic mass is 16.2. The molecule has 2 rings (SSSR count). The van der Waals surface area contributed by atoms with Gasteiger partial charge in [-0.05, 0) is 37.1 Å². The predicted octanol–water partition coefficient (Wildman–Crippen LogP) is 2.00. The van der Waals surface area contributed by atoms with Gasteiger partial charge < -0.3 is 16.0 Å². The fourth-order valence-electron chi connectivity index (χ4n) is 2.30. The average molecular weight is 275 g/mol. The van der Waals surface area contributed by atoms with Gasteiger partial charge in [-0.2, -0.15) is 0 Å². The van der Waals surface area contributed by atoms with Crippen LogP contribution in [0.1, 0.15) is 32.1 Å². The highest BCUT2D eigenvalue weighted by Gasteiger charge is 2.17. The molecule has 1 saturated heterocycles. The number of nitrogens with zero attached hydrogens (tertiary/aromatic N) is 1. The van der Waals surface area contributed by atoms with E-state index in [1.807, 2.05) is 0 Å². The number of carbonyl (C=O) groups excluding carboxylic acids is 2. The molecule has 1 aliphatic rings. The lowest BCUT2D eigenvalue weighted by molar-refractivity contribution is -0.131. The lowest BCUT2D eigenvalue weighted by Crippen LogP contribution is -2.33. The highest BCUT2D eigenvalue weighted by Crippen LogP contribution is 2.13. The number of rotatable bonds is 4. The maximum absolute atomic E-state index is 11.9. The van der Waals surface area contributed by atoms with Crippen molar-refractivity contribution in [3.8, 4) is 0 Å². The molecular weight excluding hydrogens is 254 g/mol. The van der Waals surface area contributed by atoms with Gasteiger partial charge in [0.05, 0.1) is 0 Å². The molecule has 0 radical (unpaired) electrons. The van der Waals surface area contributed by atoms with E-state index >= 15 is 0 Å². The van der Waals surface area contributed by atoms with Crippen molar-refractivity contribution in [3.05, 3.63) is 24.3 Å². The van der Waals surface area contributed by atoms with Gasteiger partial charge in [0.25, 0.3) is 0 Å². The predicted molar refractivity (Wildman–Crippen MR) is 79.1 cm³/mol. The number of benzene rings is 1. The Kier molecular flexibility index (Phi) is 4.98. The van der Waals surface area contributed by atoms with Crippen LogP contribution in [0, 0.1) is 0 Å². The van der Waals surface area contributed by atoms with Crippen LogP contribution in [0.25, 0.3) is 0 Å². The lowest BCUT2D eigenvalue weighted by Gasteiger charge is -2.20. The van der Waals surface area contributed by atoms with Crippen molar-refractivity contribution in [1.82, 2.24) is 4.90 Å². The second-order valence-corrected chi connectivity index (χ2v) is 5.11. The van der Waals surface area contributed by atoms with Gasteiger partial charge in [-0.3, -0.25) is 9.59 Å². The molecule has 1 fully saturated rings. The minimum Gasteiger partial charge on any atom is -0.399 e. The summed E-state index contributed by atoms with van der Waals surface area (Å²) in [7, 11) is 0. The maximum atomic E-state index is 11.9. The number of nitrogen functional groups attached to an aromatic ring is 1. The molecule has 1 heterocycles. The van der Waals surface area contributed by atoms with Gasteiger partial charge in [-0.15, -0.1) is 0 Å². The Bertz CT molecular complexity index is 471. The van der Waals surface area contributed by atoms with E-state index in [0.29, 0.717) is 25.1 Å². The van der Waals surface area contributed by atoms with Crippen molar-refractivity contribution in [2.45, 2.75) is 32.1 Å². The Morgan fingerprint density at radius 2 is 1.95 bits per heavy atom. The molecular formula is C15H21N3O2. The summed E-state index contributed by atoms with van der Waals surface area (Å²) in [5.74, 6) is 0.0922.